The maximum Gasteiger partial charge on any atom is 0.198 e. The molecule has 0 fully saturated rings. The van der Waals surface area contributed by atoms with E-state index in [1.807, 2.05) is 0 Å². The Morgan fingerprint density at radius 2 is 2.05 bits per heavy atom. The van der Waals surface area contributed by atoms with E-state index in [1.54, 1.807) is 43.5 Å². The standard InChI is InChI=1S/C16H13FN2O2/c1-21-10-6-7-14-11(8-10)12(16(20)19-14)9-18-15-5-3-2-4-13(15)17/h2-9,19-20H,1H3. The molecular weight excluding hydrogens is 271 g/mol. The number of hydrogen-bond acceptors (Lipinski definition) is 3. The van der Waals surface area contributed by atoms with Gasteiger partial charge in [0, 0.05) is 17.1 Å². The van der Waals surface area contributed by atoms with Gasteiger partial charge in [-0.2, -0.15) is 0 Å². The first kappa shape index (κ1) is 13.2. The van der Waals surface area contributed by atoms with Crippen molar-refractivity contribution < 1.29 is 14.2 Å². The Hall–Kier alpha value is -2.82. The van der Waals surface area contributed by atoms with Crippen LogP contribution < -0.4 is 4.74 Å². The number of benzene rings is 2. The molecule has 1 aromatic heterocycles. The quantitative estimate of drug-likeness (QED) is 0.719. The van der Waals surface area contributed by atoms with Crippen molar-refractivity contribution in [1.29, 1.82) is 0 Å². The summed E-state index contributed by atoms with van der Waals surface area (Å²) in [5.41, 5.74) is 1.46. The van der Waals surface area contributed by atoms with E-state index in [0.29, 0.717) is 11.3 Å². The number of aliphatic imine (C=N–C) groups is 1. The summed E-state index contributed by atoms with van der Waals surface area (Å²) in [5, 5.41) is 10.7. The molecule has 2 N–H and O–H groups in total. The number of rotatable bonds is 3. The molecule has 4 nitrogen and oxygen atoms in total. The molecule has 0 bridgehead atoms. The van der Waals surface area contributed by atoms with Gasteiger partial charge in [0.05, 0.1) is 18.4 Å². The third-order valence-corrected chi connectivity index (χ3v) is 3.21. The molecule has 0 spiro atoms. The van der Waals surface area contributed by atoms with E-state index in [4.69, 9.17) is 4.74 Å². The zero-order valence-corrected chi connectivity index (χ0v) is 11.3. The summed E-state index contributed by atoms with van der Waals surface area (Å²) in [6.07, 6.45) is 1.44. The van der Waals surface area contributed by atoms with E-state index in [9.17, 15) is 9.50 Å². The van der Waals surface area contributed by atoms with Gasteiger partial charge in [-0.25, -0.2) is 4.39 Å². The van der Waals surface area contributed by atoms with Crippen LogP contribution in [-0.2, 0) is 0 Å². The lowest BCUT2D eigenvalue weighted by atomic mass is 10.1. The van der Waals surface area contributed by atoms with Gasteiger partial charge in [-0.05, 0) is 30.3 Å². The summed E-state index contributed by atoms with van der Waals surface area (Å²) in [6, 6.07) is 11.6. The van der Waals surface area contributed by atoms with Crippen molar-refractivity contribution in [3.05, 3.63) is 53.8 Å². The topological polar surface area (TPSA) is 57.6 Å². The number of aromatic amines is 1. The van der Waals surface area contributed by atoms with E-state index in [0.717, 1.165) is 10.9 Å². The van der Waals surface area contributed by atoms with E-state index >= 15 is 0 Å². The molecular formula is C16H13FN2O2. The van der Waals surface area contributed by atoms with Gasteiger partial charge >= 0.3 is 0 Å². The molecule has 5 heteroatoms. The normalized spacial score (nSPS) is 11.3. The zero-order chi connectivity index (χ0) is 14.8. The average molecular weight is 284 g/mol. The number of fused-ring (bicyclic) bond motifs is 1. The third kappa shape index (κ3) is 2.45. The fraction of sp³-hybridized carbons (Fsp3) is 0.0625. The summed E-state index contributed by atoms with van der Waals surface area (Å²) >= 11 is 0. The van der Waals surface area contributed by atoms with Crippen molar-refractivity contribution in [2.45, 2.75) is 0 Å². The highest BCUT2D eigenvalue weighted by atomic mass is 19.1. The highest BCUT2D eigenvalue weighted by Gasteiger charge is 2.10. The lowest BCUT2D eigenvalue weighted by Gasteiger charge is -1.99. The fourth-order valence-electron chi connectivity index (χ4n) is 2.13. The molecule has 0 aliphatic rings. The van der Waals surface area contributed by atoms with E-state index < -0.39 is 5.82 Å². The van der Waals surface area contributed by atoms with Crippen LogP contribution in [0.4, 0.5) is 10.1 Å². The van der Waals surface area contributed by atoms with Gasteiger partial charge < -0.3 is 14.8 Å². The Balaban J connectivity index is 2.07. The number of aromatic nitrogens is 1. The van der Waals surface area contributed by atoms with Gasteiger partial charge in [0.2, 0.25) is 0 Å². The van der Waals surface area contributed by atoms with Crippen molar-refractivity contribution >= 4 is 22.8 Å². The largest absolute Gasteiger partial charge is 0.497 e. The van der Waals surface area contributed by atoms with Crippen LogP contribution in [0.15, 0.2) is 47.5 Å². The molecule has 0 aliphatic carbocycles. The highest BCUT2D eigenvalue weighted by molar-refractivity contribution is 6.03. The van der Waals surface area contributed by atoms with E-state index in [1.165, 1.54) is 12.3 Å². The smallest absolute Gasteiger partial charge is 0.198 e. The molecule has 21 heavy (non-hydrogen) atoms. The lowest BCUT2D eigenvalue weighted by molar-refractivity contribution is 0.415. The van der Waals surface area contributed by atoms with Crippen LogP contribution in [-0.4, -0.2) is 23.4 Å². The van der Waals surface area contributed by atoms with Gasteiger partial charge in [0.15, 0.2) is 5.88 Å². The van der Waals surface area contributed by atoms with Crippen molar-refractivity contribution in [2.24, 2.45) is 4.99 Å². The second-order valence-corrected chi connectivity index (χ2v) is 4.51. The molecule has 2 aromatic carbocycles. The summed E-state index contributed by atoms with van der Waals surface area (Å²) in [5.74, 6) is 0.242. The van der Waals surface area contributed by atoms with Crippen molar-refractivity contribution in [3.8, 4) is 11.6 Å². The predicted molar refractivity (Wildman–Crippen MR) is 80.2 cm³/mol. The summed E-state index contributed by atoms with van der Waals surface area (Å²) in [7, 11) is 1.57. The minimum absolute atomic E-state index is 0.0154. The minimum atomic E-state index is -0.411. The molecule has 0 aliphatic heterocycles. The fourth-order valence-corrected chi connectivity index (χ4v) is 2.13. The van der Waals surface area contributed by atoms with E-state index in [-0.39, 0.29) is 11.6 Å². The molecule has 3 rings (SSSR count). The number of ether oxygens (including phenoxy) is 1. The first-order valence-electron chi connectivity index (χ1n) is 6.36. The molecule has 0 saturated carbocycles. The second kappa shape index (κ2) is 5.28. The average Bonchev–Trinajstić information content (AvgIpc) is 2.81. The molecule has 0 amide bonds. The van der Waals surface area contributed by atoms with Crippen LogP contribution in [0, 0.1) is 5.82 Å². The Morgan fingerprint density at radius 1 is 1.24 bits per heavy atom. The van der Waals surface area contributed by atoms with Gasteiger partial charge in [-0.3, -0.25) is 4.99 Å². The maximum absolute atomic E-state index is 13.5. The second-order valence-electron chi connectivity index (χ2n) is 4.51. The molecule has 0 atom stereocenters. The predicted octanol–water partition coefficient (Wildman–Crippen LogP) is 3.77. The molecule has 0 unspecified atom stereocenters. The monoisotopic (exact) mass is 284 g/mol. The number of nitrogens with one attached hydrogen (secondary N) is 1. The number of hydrogen-bond donors (Lipinski definition) is 2. The summed E-state index contributed by atoms with van der Waals surface area (Å²) < 4.78 is 18.7. The molecule has 3 aromatic rings. The molecule has 0 radical (unpaired) electrons. The van der Waals surface area contributed by atoms with Crippen molar-refractivity contribution in [1.82, 2.24) is 4.98 Å². The lowest BCUT2D eigenvalue weighted by Crippen LogP contribution is -1.83. The molecule has 0 saturated heterocycles. The Bertz CT molecular complexity index is 824. The molecule has 106 valence electrons. The van der Waals surface area contributed by atoms with Gasteiger partial charge in [-0.15, -0.1) is 0 Å². The van der Waals surface area contributed by atoms with Crippen LogP contribution in [0.1, 0.15) is 5.56 Å². The third-order valence-electron chi connectivity index (χ3n) is 3.21. The number of methoxy groups -OCH3 is 1. The van der Waals surface area contributed by atoms with Crippen LogP contribution >= 0.6 is 0 Å². The van der Waals surface area contributed by atoms with Gasteiger partial charge in [0.1, 0.15) is 11.6 Å². The van der Waals surface area contributed by atoms with Crippen LogP contribution in [0.3, 0.4) is 0 Å². The number of H-pyrrole nitrogens is 1. The maximum atomic E-state index is 13.5. The van der Waals surface area contributed by atoms with Crippen LogP contribution in [0.2, 0.25) is 0 Å². The highest BCUT2D eigenvalue weighted by Crippen LogP contribution is 2.29. The first-order valence-corrected chi connectivity index (χ1v) is 6.36. The number of halogens is 1. The van der Waals surface area contributed by atoms with Gasteiger partial charge in [-0.1, -0.05) is 12.1 Å². The van der Waals surface area contributed by atoms with Crippen LogP contribution in [0.25, 0.3) is 10.9 Å². The van der Waals surface area contributed by atoms with E-state index in [2.05, 4.69) is 9.98 Å². The number of para-hydroxylation sites is 1. The Morgan fingerprint density at radius 3 is 2.81 bits per heavy atom. The summed E-state index contributed by atoms with van der Waals surface area (Å²) in [4.78, 5) is 6.94. The number of nitrogens with zero attached hydrogens (tertiary/aromatic N) is 1. The SMILES string of the molecule is COc1ccc2[nH]c(O)c(C=Nc3ccccc3F)c2c1. The first-order chi connectivity index (χ1) is 10.2. The number of aromatic hydroxyl groups is 1. The Labute approximate surface area is 120 Å². The Kier molecular flexibility index (Phi) is 3.31. The van der Waals surface area contributed by atoms with Crippen molar-refractivity contribution in [2.75, 3.05) is 7.11 Å². The van der Waals surface area contributed by atoms with Crippen molar-refractivity contribution in [3.63, 3.8) is 0 Å². The summed E-state index contributed by atoms with van der Waals surface area (Å²) in [6.45, 7) is 0. The van der Waals surface area contributed by atoms with Gasteiger partial charge in [0.25, 0.3) is 0 Å². The molecule has 1 heterocycles. The van der Waals surface area contributed by atoms with Crippen LogP contribution in [0.5, 0.6) is 11.6 Å². The zero-order valence-electron chi connectivity index (χ0n) is 11.3. The minimum Gasteiger partial charge on any atom is -0.497 e.